The molecule has 17 heavy (non-hydrogen) atoms. The van der Waals surface area contributed by atoms with Crippen LogP contribution in [0.15, 0.2) is 22.8 Å². The normalized spacial score (nSPS) is 35.1. The molecule has 3 heteroatoms. The molecule has 3 nitrogen and oxygen atoms in total. The molecule has 3 rings (SSSR count). The summed E-state index contributed by atoms with van der Waals surface area (Å²) >= 11 is 0. The molecule has 2 aliphatic heterocycles. The summed E-state index contributed by atoms with van der Waals surface area (Å²) < 4.78 is 5.45. The second-order valence-corrected chi connectivity index (χ2v) is 5.62. The van der Waals surface area contributed by atoms with Gasteiger partial charge in [-0.15, -0.1) is 0 Å². The summed E-state index contributed by atoms with van der Waals surface area (Å²) in [5.41, 5.74) is 0. The standard InChI is InChI=1S/C14H22N2O/c1-10(14-4-3-7-17-14)15-11-8-12-5-6-13(9-11)16(12)2/h3-4,7,10-13,15H,5-6,8-9H2,1-2H3/t10-,11?,12?,13?/m0/s1. The molecular weight excluding hydrogens is 212 g/mol. The molecular formula is C14H22N2O. The smallest absolute Gasteiger partial charge is 0.120 e. The van der Waals surface area contributed by atoms with Crippen LogP contribution in [0, 0.1) is 0 Å². The first-order valence-corrected chi connectivity index (χ1v) is 6.75. The zero-order chi connectivity index (χ0) is 11.8. The first-order valence-electron chi connectivity index (χ1n) is 6.75. The number of furan rings is 1. The first kappa shape index (κ1) is 11.3. The summed E-state index contributed by atoms with van der Waals surface area (Å²) in [4.78, 5) is 2.58. The minimum atomic E-state index is 0.331. The highest BCUT2D eigenvalue weighted by Crippen LogP contribution is 2.34. The highest BCUT2D eigenvalue weighted by atomic mass is 16.3. The van der Waals surface area contributed by atoms with E-state index in [-0.39, 0.29) is 0 Å². The molecule has 2 bridgehead atoms. The van der Waals surface area contributed by atoms with Crippen LogP contribution in [0.3, 0.4) is 0 Å². The van der Waals surface area contributed by atoms with Gasteiger partial charge in [-0.3, -0.25) is 0 Å². The molecule has 2 unspecified atom stereocenters. The molecule has 0 aromatic carbocycles. The van der Waals surface area contributed by atoms with Gasteiger partial charge in [0.1, 0.15) is 5.76 Å². The third-order valence-electron chi connectivity index (χ3n) is 4.55. The van der Waals surface area contributed by atoms with Gasteiger partial charge in [-0.05, 0) is 51.8 Å². The van der Waals surface area contributed by atoms with E-state index in [0.29, 0.717) is 12.1 Å². The van der Waals surface area contributed by atoms with Crippen molar-refractivity contribution >= 4 is 0 Å². The maximum Gasteiger partial charge on any atom is 0.120 e. The topological polar surface area (TPSA) is 28.4 Å². The summed E-state index contributed by atoms with van der Waals surface area (Å²) in [5, 5.41) is 3.72. The number of rotatable bonds is 3. The summed E-state index contributed by atoms with van der Waals surface area (Å²) in [6.07, 6.45) is 7.10. The molecule has 2 aliphatic rings. The van der Waals surface area contributed by atoms with E-state index >= 15 is 0 Å². The number of nitrogens with zero attached hydrogens (tertiary/aromatic N) is 1. The van der Waals surface area contributed by atoms with E-state index in [1.54, 1.807) is 6.26 Å². The van der Waals surface area contributed by atoms with Crippen LogP contribution in [0.1, 0.15) is 44.4 Å². The molecule has 94 valence electrons. The van der Waals surface area contributed by atoms with E-state index in [1.807, 2.05) is 6.07 Å². The van der Waals surface area contributed by atoms with Gasteiger partial charge in [0.25, 0.3) is 0 Å². The fourth-order valence-electron chi connectivity index (χ4n) is 3.52. The third kappa shape index (κ3) is 2.14. The Labute approximate surface area is 103 Å². The summed E-state index contributed by atoms with van der Waals surface area (Å²) in [7, 11) is 2.29. The van der Waals surface area contributed by atoms with Gasteiger partial charge in [-0.25, -0.2) is 0 Å². The average Bonchev–Trinajstić information content (AvgIpc) is 2.88. The Morgan fingerprint density at radius 1 is 1.35 bits per heavy atom. The second kappa shape index (κ2) is 4.46. The van der Waals surface area contributed by atoms with Crippen LogP contribution < -0.4 is 5.32 Å². The van der Waals surface area contributed by atoms with Gasteiger partial charge in [-0.1, -0.05) is 0 Å². The number of piperidine rings is 1. The Balaban J connectivity index is 1.60. The molecule has 3 atom stereocenters. The Morgan fingerprint density at radius 2 is 2.06 bits per heavy atom. The number of hydrogen-bond donors (Lipinski definition) is 1. The van der Waals surface area contributed by atoms with Crippen molar-refractivity contribution in [1.82, 2.24) is 10.2 Å². The summed E-state index contributed by atoms with van der Waals surface area (Å²) in [5.74, 6) is 1.05. The van der Waals surface area contributed by atoms with Gasteiger partial charge in [0.15, 0.2) is 0 Å². The van der Waals surface area contributed by atoms with E-state index in [1.165, 1.54) is 25.7 Å². The minimum absolute atomic E-state index is 0.331. The highest BCUT2D eigenvalue weighted by Gasteiger charge is 2.38. The molecule has 0 spiro atoms. The first-order chi connectivity index (χ1) is 8.24. The zero-order valence-corrected chi connectivity index (χ0v) is 10.7. The largest absolute Gasteiger partial charge is 0.468 e. The highest BCUT2D eigenvalue weighted by molar-refractivity contribution is 5.05. The summed E-state index contributed by atoms with van der Waals surface area (Å²) in [6.45, 7) is 2.19. The van der Waals surface area contributed by atoms with Crippen molar-refractivity contribution in [2.75, 3.05) is 7.05 Å². The van der Waals surface area contributed by atoms with Gasteiger partial charge in [0, 0.05) is 18.1 Å². The van der Waals surface area contributed by atoms with Crippen molar-refractivity contribution in [3.05, 3.63) is 24.2 Å². The van der Waals surface area contributed by atoms with E-state index in [9.17, 15) is 0 Å². The fraction of sp³-hybridized carbons (Fsp3) is 0.714. The predicted molar refractivity (Wildman–Crippen MR) is 67.9 cm³/mol. The van der Waals surface area contributed by atoms with Gasteiger partial charge < -0.3 is 14.6 Å². The molecule has 1 aromatic rings. The minimum Gasteiger partial charge on any atom is -0.468 e. The van der Waals surface area contributed by atoms with Crippen molar-refractivity contribution in [1.29, 1.82) is 0 Å². The lowest BCUT2D eigenvalue weighted by Crippen LogP contribution is -2.47. The Morgan fingerprint density at radius 3 is 2.65 bits per heavy atom. The van der Waals surface area contributed by atoms with Crippen molar-refractivity contribution in [3.63, 3.8) is 0 Å². The third-order valence-corrected chi connectivity index (χ3v) is 4.55. The van der Waals surface area contributed by atoms with Crippen LogP contribution in [0.2, 0.25) is 0 Å². The monoisotopic (exact) mass is 234 g/mol. The van der Waals surface area contributed by atoms with E-state index < -0.39 is 0 Å². The van der Waals surface area contributed by atoms with E-state index in [2.05, 4.69) is 30.3 Å². The maximum atomic E-state index is 5.45. The molecule has 0 saturated carbocycles. The molecule has 3 heterocycles. The van der Waals surface area contributed by atoms with Crippen molar-refractivity contribution in [2.45, 2.75) is 56.8 Å². The number of hydrogen-bond acceptors (Lipinski definition) is 3. The molecule has 0 aliphatic carbocycles. The Bertz CT molecular complexity index is 348. The Hall–Kier alpha value is -0.800. The Kier molecular flexibility index (Phi) is 2.97. The molecule has 2 saturated heterocycles. The lowest BCUT2D eigenvalue weighted by molar-refractivity contribution is 0.142. The molecule has 0 amide bonds. The zero-order valence-electron chi connectivity index (χ0n) is 10.7. The van der Waals surface area contributed by atoms with E-state index in [4.69, 9.17) is 4.42 Å². The van der Waals surface area contributed by atoms with Gasteiger partial charge in [-0.2, -0.15) is 0 Å². The van der Waals surface area contributed by atoms with Crippen LogP contribution in [0.4, 0.5) is 0 Å². The van der Waals surface area contributed by atoms with Gasteiger partial charge in [0.2, 0.25) is 0 Å². The van der Waals surface area contributed by atoms with Gasteiger partial charge in [0.05, 0.1) is 12.3 Å². The van der Waals surface area contributed by atoms with Crippen LogP contribution >= 0.6 is 0 Å². The fourth-order valence-corrected chi connectivity index (χ4v) is 3.52. The summed E-state index contributed by atoms with van der Waals surface area (Å²) in [6, 6.07) is 6.61. The quantitative estimate of drug-likeness (QED) is 0.871. The molecule has 1 N–H and O–H groups in total. The van der Waals surface area contributed by atoms with E-state index in [0.717, 1.165) is 17.8 Å². The van der Waals surface area contributed by atoms with Crippen LogP contribution in [-0.2, 0) is 0 Å². The lowest BCUT2D eigenvalue weighted by atomic mass is 9.97. The van der Waals surface area contributed by atoms with Crippen LogP contribution in [0.5, 0.6) is 0 Å². The SMILES string of the molecule is C[C@H](NC1CC2CCC(C1)N2C)c1ccco1. The maximum absolute atomic E-state index is 5.45. The number of nitrogens with one attached hydrogen (secondary N) is 1. The molecule has 1 aromatic heterocycles. The van der Waals surface area contributed by atoms with Gasteiger partial charge >= 0.3 is 0 Å². The predicted octanol–water partition coefficient (Wildman–Crippen LogP) is 2.56. The van der Waals surface area contributed by atoms with Crippen molar-refractivity contribution in [3.8, 4) is 0 Å². The molecule has 2 fully saturated rings. The lowest BCUT2D eigenvalue weighted by Gasteiger charge is -2.37. The van der Waals surface area contributed by atoms with Crippen molar-refractivity contribution in [2.24, 2.45) is 0 Å². The molecule has 0 radical (unpaired) electrons. The second-order valence-electron chi connectivity index (χ2n) is 5.62. The van der Waals surface area contributed by atoms with Crippen LogP contribution in [-0.4, -0.2) is 30.1 Å². The van der Waals surface area contributed by atoms with Crippen LogP contribution in [0.25, 0.3) is 0 Å². The van der Waals surface area contributed by atoms with Crippen molar-refractivity contribution < 1.29 is 4.42 Å². The number of fused-ring (bicyclic) bond motifs is 2. The average molecular weight is 234 g/mol.